The minimum atomic E-state index is -0.109. The Morgan fingerprint density at radius 2 is 2.00 bits per heavy atom. The number of nitrogens with zero attached hydrogens (tertiary/aromatic N) is 2. The van der Waals surface area contributed by atoms with E-state index in [1.807, 2.05) is 49.3 Å². The third-order valence-corrected chi connectivity index (χ3v) is 2.40. The maximum absolute atomic E-state index is 11.4. The first-order chi connectivity index (χ1) is 8.63. The average Bonchev–Trinajstić information content (AvgIpc) is 2.37. The predicted molar refractivity (Wildman–Crippen MR) is 72.5 cm³/mol. The molecule has 0 spiro atoms. The van der Waals surface area contributed by atoms with Crippen LogP contribution in [-0.4, -0.2) is 33.1 Å². The molecule has 1 aromatic rings. The van der Waals surface area contributed by atoms with Gasteiger partial charge in [0.15, 0.2) is 0 Å². The second-order valence-corrected chi connectivity index (χ2v) is 4.05. The molecule has 0 fully saturated rings. The number of hydrogen-bond acceptors (Lipinski definition) is 4. The van der Waals surface area contributed by atoms with Crippen LogP contribution in [0.15, 0.2) is 24.3 Å². The second kappa shape index (κ2) is 7.17. The van der Waals surface area contributed by atoms with Gasteiger partial charge >= 0.3 is 0 Å². The van der Waals surface area contributed by atoms with E-state index in [1.165, 1.54) is 0 Å². The Morgan fingerprint density at radius 3 is 2.56 bits per heavy atom. The Bertz CT molecular complexity index is 420. The van der Waals surface area contributed by atoms with Crippen molar-refractivity contribution < 1.29 is 4.79 Å². The van der Waals surface area contributed by atoms with Crippen LogP contribution in [0.1, 0.15) is 6.42 Å². The molecule has 1 rings (SSSR count). The maximum atomic E-state index is 11.4. The Kier molecular flexibility index (Phi) is 5.52. The first kappa shape index (κ1) is 13.8. The summed E-state index contributed by atoms with van der Waals surface area (Å²) in [6, 6.07) is 9.79. The minimum absolute atomic E-state index is 0.109. The van der Waals surface area contributed by atoms with Gasteiger partial charge in [0, 0.05) is 32.0 Å². The minimum Gasteiger partial charge on any atom is -0.378 e. The molecule has 18 heavy (non-hydrogen) atoms. The van der Waals surface area contributed by atoms with E-state index in [0.29, 0.717) is 13.0 Å². The lowest BCUT2D eigenvalue weighted by molar-refractivity contribution is -0.119. The number of carbonyl (C=O) groups excluding carboxylic acids is 1. The number of hydrogen-bond donors (Lipinski definition) is 2. The van der Waals surface area contributed by atoms with E-state index in [2.05, 4.69) is 10.6 Å². The summed E-state index contributed by atoms with van der Waals surface area (Å²) in [6.45, 7) is 0.614. The summed E-state index contributed by atoms with van der Waals surface area (Å²) in [5, 5.41) is 14.0. The standard InChI is InChI=1S/C13H18N4O/c1-17(2)12-6-4-11(5-7-12)16-10-13(18)15-9-3-8-14/h4-7,16H,3,9-10H2,1-2H3,(H,15,18). The average molecular weight is 246 g/mol. The van der Waals surface area contributed by atoms with Gasteiger partial charge in [-0.15, -0.1) is 0 Å². The van der Waals surface area contributed by atoms with Crippen LogP contribution in [0.5, 0.6) is 0 Å². The molecule has 0 saturated carbocycles. The van der Waals surface area contributed by atoms with Gasteiger partial charge in [-0.3, -0.25) is 4.79 Å². The highest BCUT2D eigenvalue weighted by atomic mass is 16.1. The highest BCUT2D eigenvalue weighted by molar-refractivity contribution is 5.80. The van der Waals surface area contributed by atoms with E-state index in [4.69, 9.17) is 5.26 Å². The van der Waals surface area contributed by atoms with Crippen molar-refractivity contribution in [2.75, 3.05) is 37.4 Å². The zero-order valence-corrected chi connectivity index (χ0v) is 10.7. The number of anilines is 2. The summed E-state index contributed by atoms with van der Waals surface area (Å²) in [4.78, 5) is 13.4. The largest absolute Gasteiger partial charge is 0.378 e. The monoisotopic (exact) mass is 246 g/mol. The van der Waals surface area contributed by atoms with Crippen molar-refractivity contribution in [1.29, 1.82) is 5.26 Å². The molecule has 0 aliphatic rings. The van der Waals surface area contributed by atoms with Crippen molar-refractivity contribution in [2.24, 2.45) is 0 Å². The number of amides is 1. The van der Waals surface area contributed by atoms with Crippen molar-refractivity contribution in [2.45, 2.75) is 6.42 Å². The molecular formula is C13H18N4O. The number of rotatable bonds is 6. The van der Waals surface area contributed by atoms with E-state index < -0.39 is 0 Å². The molecule has 96 valence electrons. The van der Waals surface area contributed by atoms with Crippen molar-refractivity contribution >= 4 is 17.3 Å². The van der Waals surface area contributed by atoms with Gasteiger partial charge in [0.1, 0.15) is 0 Å². The van der Waals surface area contributed by atoms with Crippen LogP contribution in [0, 0.1) is 11.3 Å². The molecule has 1 aromatic carbocycles. The van der Waals surface area contributed by atoms with Gasteiger partial charge in [-0.1, -0.05) is 0 Å². The summed E-state index contributed by atoms with van der Waals surface area (Å²) in [5.74, 6) is -0.109. The summed E-state index contributed by atoms with van der Waals surface area (Å²) < 4.78 is 0. The van der Waals surface area contributed by atoms with Crippen LogP contribution in [0.3, 0.4) is 0 Å². The summed E-state index contributed by atoms with van der Waals surface area (Å²) in [5.41, 5.74) is 2.01. The number of benzene rings is 1. The first-order valence-corrected chi connectivity index (χ1v) is 5.78. The Balaban J connectivity index is 2.35. The molecule has 2 N–H and O–H groups in total. The molecule has 0 aromatic heterocycles. The molecular weight excluding hydrogens is 228 g/mol. The molecule has 0 heterocycles. The third-order valence-electron chi connectivity index (χ3n) is 2.40. The van der Waals surface area contributed by atoms with Gasteiger partial charge in [0.05, 0.1) is 19.0 Å². The molecule has 0 radical (unpaired) electrons. The molecule has 0 atom stereocenters. The molecule has 0 aliphatic heterocycles. The maximum Gasteiger partial charge on any atom is 0.239 e. The normalized spacial score (nSPS) is 9.39. The van der Waals surface area contributed by atoms with Gasteiger partial charge in [0.2, 0.25) is 5.91 Å². The summed E-state index contributed by atoms with van der Waals surface area (Å²) >= 11 is 0. The third kappa shape index (κ3) is 4.74. The zero-order chi connectivity index (χ0) is 13.4. The molecule has 0 aliphatic carbocycles. The zero-order valence-electron chi connectivity index (χ0n) is 10.7. The highest BCUT2D eigenvalue weighted by Gasteiger charge is 2.00. The smallest absolute Gasteiger partial charge is 0.239 e. The van der Waals surface area contributed by atoms with Crippen molar-refractivity contribution in [3.05, 3.63) is 24.3 Å². The van der Waals surface area contributed by atoms with Crippen LogP contribution in [0.2, 0.25) is 0 Å². The SMILES string of the molecule is CN(C)c1ccc(NCC(=O)NCCC#N)cc1. The molecule has 0 unspecified atom stereocenters. The number of carbonyl (C=O) groups is 1. The van der Waals surface area contributed by atoms with Gasteiger partial charge in [0.25, 0.3) is 0 Å². The molecule has 0 saturated heterocycles. The Morgan fingerprint density at radius 1 is 1.33 bits per heavy atom. The van der Waals surface area contributed by atoms with Gasteiger partial charge in [-0.05, 0) is 24.3 Å². The van der Waals surface area contributed by atoms with Crippen LogP contribution >= 0.6 is 0 Å². The van der Waals surface area contributed by atoms with E-state index in [9.17, 15) is 4.79 Å². The number of nitriles is 1. The second-order valence-electron chi connectivity index (χ2n) is 4.05. The number of nitrogens with one attached hydrogen (secondary N) is 2. The molecule has 0 bridgehead atoms. The van der Waals surface area contributed by atoms with E-state index in [-0.39, 0.29) is 12.5 Å². The topological polar surface area (TPSA) is 68.2 Å². The van der Waals surface area contributed by atoms with E-state index in [1.54, 1.807) is 0 Å². The molecule has 1 amide bonds. The first-order valence-electron chi connectivity index (χ1n) is 5.78. The quantitative estimate of drug-likeness (QED) is 0.740. The van der Waals surface area contributed by atoms with E-state index in [0.717, 1.165) is 11.4 Å². The van der Waals surface area contributed by atoms with Crippen LogP contribution in [0.25, 0.3) is 0 Å². The lowest BCUT2D eigenvalue weighted by atomic mass is 10.2. The van der Waals surface area contributed by atoms with E-state index >= 15 is 0 Å². The van der Waals surface area contributed by atoms with Crippen LogP contribution < -0.4 is 15.5 Å². The Labute approximate surface area is 107 Å². The van der Waals surface area contributed by atoms with Crippen molar-refractivity contribution in [1.82, 2.24) is 5.32 Å². The molecule has 5 nitrogen and oxygen atoms in total. The molecule has 5 heteroatoms. The van der Waals surface area contributed by atoms with Crippen molar-refractivity contribution in [3.8, 4) is 6.07 Å². The fourth-order valence-corrected chi connectivity index (χ4v) is 1.38. The lowest BCUT2D eigenvalue weighted by Crippen LogP contribution is -2.30. The van der Waals surface area contributed by atoms with Gasteiger partial charge in [-0.2, -0.15) is 5.26 Å². The fourth-order valence-electron chi connectivity index (χ4n) is 1.38. The highest BCUT2D eigenvalue weighted by Crippen LogP contribution is 2.15. The lowest BCUT2D eigenvalue weighted by Gasteiger charge is -2.13. The van der Waals surface area contributed by atoms with Crippen LogP contribution in [0.4, 0.5) is 11.4 Å². The van der Waals surface area contributed by atoms with Crippen LogP contribution in [-0.2, 0) is 4.79 Å². The predicted octanol–water partition coefficient (Wildman–Crippen LogP) is 1.19. The Hall–Kier alpha value is -2.22. The fraction of sp³-hybridized carbons (Fsp3) is 0.385. The van der Waals surface area contributed by atoms with Gasteiger partial charge in [-0.25, -0.2) is 0 Å². The van der Waals surface area contributed by atoms with Crippen molar-refractivity contribution in [3.63, 3.8) is 0 Å². The summed E-state index contributed by atoms with van der Waals surface area (Å²) in [7, 11) is 3.95. The summed E-state index contributed by atoms with van der Waals surface area (Å²) in [6.07, 6.45) is 0.337. The van der Waals surface area contributed by atoms with Gasteiger partial charge < -0.3 is 15.5 Å².